The molecule has 0 saturated carbocycles. The van der Waals surface area contributed by atoms with E-state index < -0.39 is 11.9 Å². The Bertz CT molecular complexity index is 683. The van der Waals surface area contributed by atoms with E-state index >= 15 is 0 Å². The highest BCUT2D eigenvalue weighted by atomic mass is 19.1. The van der Waals surface area contributed by atoms with Gasteiger partial charge in [0, 0.05) is 24.5 Å². The highest BCUT2D eigenvalue weighted by molar-refractivity contribution is 5.95. The Kier molecular flexibility index (Phi) is 5.42. The summed E-state index contributed by atoms with van der Waals surface area (Å²) < 4.78 is 14.4. The highest BCUT2D eigenvalue weighted by Gasteiger charge is 2.20. The lowest BCUT2D eigenvalue weighted by molar-refractivity contribution is -0.125. The molecule has 8 heteroatoms. The predicted octanol–water partition coefficient (Wildman–Crippen LogP) is 0.575. The Labute approximate surface area is 132 Å². The molecule has 1 aromatic carbocycles. The van der Waals surface area contributed by atoms with Crippen LogP contribution in [0.25, 0.3) is 0 Å². The fourth-order valence-corrected chi connectivity index (χ4v) is 2.05. The van der Waals surface area contributed by atoms with Gasteiger partial charge in [0.15, 0.2) is 0 Å². The zero-order chi connectivity index (χ0) is 16.8. The quantitative estimate of drug-likeness (QED) is 0.726. The van der Waals surface area contributed by atoms with Crippen molar-refractivity contribution in [1.82, 2.24) is 20.4 Å². The van der Waals surface area contributed by atoms with Crippen molar-refractivity contribution >= 4 is 17.5 Å². The number of halogens is 1. The Morgan fingerprint density at radius 3 is 2.57 bits per heavy atom. The van der Waals surface area contributed by atoms with Gasteiger partial charge in [-0.2, -0.15) is 5.10 Å². The largest absolute Gasteiger partial charge is 0.345 e. The van der Waals surface area contributed by atoms with Crippen molar-refractivity contribution in [3.05, 3.63) is 48.0 Å². The molecule has 1 atom stereocenters. The molecule has 2 rings (SSSR count). The minimum Gasteiger partial charge on any atom is -0.345 e. The van der Waals surface area contributed by atoms with Crippen molar-refractivity contribution in [3.63, 3.8) is 0 Å². The SMILES string of the molecule is CNC(C(=O)NCC(=O)Nc1ccc(F)cc1)c1cnn(C)c1. The molecule has 0 aliphatic carbocycles. The second kappa shape index (κ2) is 7.50. The minimum absolute atomic E-state index is 0.186. The Morgan fingerprint density at radius 1 is 1.30 bits per heavy atom. The van der Waals surface area contributed by atoms with E-state index in [1.54, 1.807) is 31.2 Å². The molecule has 1 unspecified atom stereocenters. The van der Waals surface area contributed by atoms with Crippen molar-refractivity contribution in [1.29, 1.82) is 0 Å². The number of carbonyl (C=O) groups is 2. The molecule has 1 aromatic heterocycles. The van der Waals surface area contributed by atoms with E-state index in [9.17, 15) is 14.0 Å². The fraction of sp³-hybridized carbons (Fsp3) is 0.267. The Balaban J connectivity index is 1.87. The van der Waals surface area contributed by atoms with Crippen LogP contribution in [0, 0.1) is 5.82 Å². The predicted molar refractivity (Wildman–Crippen MR) is 83.0 cm³/mol. The molecule has 0 bridgehead atoms. The summed E-state index contributed by atoms with van der Waals surface area (Å²) in [6, 6.07) is 4.78. The summed E-state index contributed by atoms with van der Waals surface area (Å²) >= 11 is 0. The molecule has 3 N–H and O–H groups in total. The van der Waals surface area contributed by atoms with Gasteiger partial charge >= 0.3 is 0 Å². The van der Waals surface area contributed by atoms with Gasteiger partial charge < -0.3 is 16.0 Å². The van der Waals surface area contributed by atoms with Crippen molar-refractivity contribution in [2.75, 3.05) is 18.9 Å². The van der Waals surface area contributed by atoms with Crippen LogP contribution in [0.5, 0.6) is 0 Å². The summed E-state index contributed by atoms with van der Waals surface area (Å²) in [6.07, 6.45) is 3.30. The number of aryl methyl sites for hydroxylation is 1. The zero-order valence-corrected chi connectivity index (χ0v) is 12.8. The van der Waals surface area contributed by atoms with Crippen LogP contribution in [-0.4, -0.2) is 35.2 Å². The van der Waals surface area contributed by atoms with Gasteiger partial charge in [-0.1, -0.05) is 0 Å². The Hall–Kier alpha value is -2.74. The molecule has 0 fully saturated rings. The summed E-state index contributed by atoms with van der Waals surface area (Å²) in [4.78, 5) is 23.9. The molecule has 122 valence electrons. The van der Waals surface area contributed by atoms with E-state index in [4.69, 9.17) is 0 Å². The van der Waals surface area contributed by atoms with E-state index in [1.165, 1.54) is 24.3 Å². The van der Waals surface area contributed by atoms with Crippen LogP contribution in [0.1, 0.15) is 11.6 Å². The van der Waals surface area contributed by atoms with E-state index in [0.717, 1.165) is 0 Å². The van der Waals surface area contributed by atoms with Gasteiger partial charge in [0.2, 0.25) is 11.8 Å². The first-order valence-electron chi connectivity index (χ1n) is 6.98. The monoisotopic (exact) mass is 319 g/mol. The van der Waals surface area contributed by atoms with Crippen molar-refractivity contribution in [2.45, 2.75) is 6.04 Å². The van der Waals surface area contributed by atoms with Crippen LogP contribution in [0.4, 0.5) is 10.1 Å². The molecular weight excluding hydrogens is 301 g/mol. The molecule has 0 aliphatic rings. The van der Waals surface area contributed by atoms with Crippen molar-refractivity contribution < 1.29 is 14.0 Å². The third-order valence-corrected chi connectivity index (χ3v) is 3.16. The van der Waals surface area contributed by atoms with Crippen LogP contribution in [0.2, 0.25) is 0 Å². The number of rotatable bonds is 6. The maximum Gasteiger partial charge on any atom is 0.243 e. The number of hydrogen-bond donors (Lipinski definition) is 3. The highest BCUT2D eigenvalue weighted by Crippen LogP contribution is 2.11. The maximum atomic E-state index is 12.8. The molecule has 7 nitrogen and oxygen atoms in total. The second-order valence-corrected chi connectivity index (χ2v) is 4.94. The van der Waals surface area contributed by atoms with Gasteiger partial charge in [0.25, 0.3) is 0 Å². The number of carbonyl (C=O) groups excluding carboxylic acids is 2. The van der Waals surface area contributed by atoms with Crippen LogP contribution < -0.4 is 16.0 Å². The lowest BCUT2D eigenvalue weighted by Crippen LogP contribution is -2.39. The molecule has 0 spiro atoms. The number of hydrogen-bond acceptors (Lipinski definition) is 4. The van der Waals surface area contributed by atoms with Gasteiger partial charge in [-0.25, -0.2) is 4.39 Å². The lowest BCUT2D eigenvalue weighted by Gasteiger charge is -2.14. The molecule has 2 aromatic rings. The lowest BCUT2D eigenvalue weighted by atomic mass is 10.1. The van der Waals surface area contributed by atoms with E-state index in [1.807, 2.05) is 0 Å². The molecule has 0 aliphatic heterocycles. The molecule has 23 heavy (non-hydrogen) atoms. The molecule has 0 radical (unpaired) electrons. The van der Waals surface area contributed by atoms with Crippen LogP contribution in [0.15, 0.2) is 36.7 Å². The van der Waals surface area contributed by atoms with Crippen molar-refractivity contribution in [3.8, 4) is 0 Å². The number of amides is 2. The first kappa shape index (κ1) is 16.6. The molecular formula is C15H18FN5O2. The summed E-state index contributed by atoms with van der Waals surface area (Å²) in [6.45, 7) is -0.186. The average Bonchev–Trinajstić information content (AvgIpc) is 2.94. The van der Waals surface area contributed by atoms with Gasteiger partial charge in [-0.3, -0.25) is 14.3 Å². The van der Waals surface area contributed by atoms with Crippen molar-refractivity contribution in [2.24, 2.45) is 7.05 Å². The number of anilines is 1. The smallest absolute Gasteiger partial charge is 0.243 e. The topological polar surface area (TPSA) is 88.1 Å². The number of benzene rings is 1. The summed E-state index contributed by atoms with van der Waals surface area (Å²) in [5.41, 5.74) is 1.16. The van der Waals surface area contributed by atoms with Gasteiger partial charge in [0.05, 0.1) is 12.7 Å². The Morgan fingerprint density at radius 2 is 2.00 bits per heavy atom. The van der Waals surface area contributed by atoms with Gasteiger partial charge in [-0.15, -0.1) is 0 Å². The van der Waals surface area contributed by atoms with Crippen LogP contribution in [0.3, 0.4) is 0 Å². The maximum absolute atomic E-state index is 12.8. The normalized spacial score (nSPS) is 11.8. The standard InChI is InChI=1S/C15H18FN5O2/c1-17-14(10-7-19-21(2)9-10)15(23)18-8-13(22)20-12-5-3-11(16)4-6-12/h3-7,9,14,17H,8H2,1-2H3,(H,18,23)(H,20,22). The number of nitrogens with zero attached hydrogens (tertiary/aromatic N) is 2. The van der Waals surface area contributed by atoms with E-state index in [2.05, 4.69) is 21.0 Å². The molecule has 1 heterocycles. The summed E-state index contributed by atoms with van der Waals surface area (Å²) in [5, 5.41) is 12.0. The zero-order valence-electron chi connectivity index (χ0n) is 12.8. The number of nitrogens with one attached hydrogen (secondary N) is 3. The third-order valence-electron chi connectivity index (χ3n) is 3.16. The van der Waals surface area contributed by atoms with Gasteiger partial charge in [-0.05, 0) is 31.3 Å². The van der Waals surface area contributed by atoms with Gasteiger partial charge in [0.1, 0.15) is 11.9 Å². The number of aromatic nitrogens is 2. The fourth-order valence-electron chi connectivity index (χ4n) is 2.05. The molecule has 2 amide bonds. The summed E-state index contributed by atoms with van der Waals surface area (Å²) in [7, 11) is 3.40. The van der Waals surface area contributed by atoms with Crippen LogP contribution in [-0.2, 0) is 16.6 Å². The minimum atomic E-state index is -0.595. The summed E-state index contributed by atoms with van der Waals surface area (Å²) in [5.74, 6) is -1.12. The van der Waals surface area contributed by atoms with Crippen LogP contribution >= 0.6 is 0 Å². The second-order valence-electron chi connectivity index (χ2n) is 4.94. The first-order chi connectivity index (χ1) is 11.0. The third kappa shape index (κ3) is 4.62. The average molecular weight is 319 g/mol. The van der Waals surface area contributed by atoms with E-state index in [-0.39, 0.29) is 18.3 Å². The molecule has 0 saturated heterocycles. The first-order valence-corrected chi connectivity index (χ1v) is 6.98. The van der Waals surface area contributed by atoms with E-state index in [0.29, 0.717) is 11.3 Å². The number of likely N-dealkylation sites (N-methyl/N-ethyl adjacent to an activating group) is 1.